The fourth-order valence-corrected chi connectivity index (χ4v) is 2.90. The number of piperidine rings is 1. The first-order chi connectivity index (χ1) is 11.3. The Morgan fingerprint density at radius 3 is 2.58 bits per heavy atom. The fourth-order valence-electron chi connectivity index (χ4n) is 2.90. The molecule has 2 aliphatic rings. The van der Waals surface area contributed by atoms with Gasteiger partial charge in [0.05, 0.1) is 5.54 Å². The summed E-state index contributed by atoms with van der Waals surface area (Å²) in [6, 6.07) is 1.81. The number of nitrogens with zero attached hydrogens (tertiary/aromatic N) is 3. The maximum absolute atomic E-state index is 11.4. The average molecular weight is 337 g/mol. The maximum Gasteiger partial charge on any atom is 0.421 e. The Morgan fingerprint density at radius 1 is 1.25 bits per heavy atom. The molecule has 1 aromatic heterocycles. The van der Waals surface area contributed by atoms with Crippen molar-refractivity contribution in [1.82, 2.24) is 14.7 Å². The summed E-state index contributed by atoms with van der Waals surface area (Å²) in [5.74, 6) is -2.56. The van der Waals surface area contributed by atoms with Crippen molar-refractivity contribution in [3.63, 3.8) is 0 Å². The van der Waals surface area contributed by atoms with Crippen LogP contribution in [0.25, 0.3) is 0 Å². The number of carbonyl (C=O) groups is 2. The van der Waals surface area contributed by atoms with Crippen LogP contribution in [0.15, 0.2) is 12.3 Å². The van der Waals surface area contributed by atoms with Gasteiger partial charge in [0.15, 0.2) is 0 Å². The molecule has 8 nitrogen and oxygen atoms in total. The van der Waals surface area contributed by atoms with Crippen molar-refractivity contribution in [1.29, 1.82) is 0 Å². The second kappa shape index (κ2) is 6.08. The molecular weight excluding hydrogens is 314 g/mol. The van der Waals surface area contributed by atoms with Crippen LogP contribution in [0.2, 0.25) is 0 Å². The lowest BCUT2D eigenvalue weighted by Crippen LogP contribution is -2.54. The molecule has 3 heterocycles. The molecule has 0 aliphatic carbocycles. The quantitative estimate of drug-likeness (QED) is 0.604. The van der Waals surface area contributed by atoms with Gasteiger partial charge in [-0.05, 0) is 33.6 Å². The van der Waals surface area contributed by atoms with Crippen LogP contribution < -0.4 is 4.74 Å². The molecule has 2 saturated heterocycles. The molecule has 2 fully saturated rings. The summed E-state index contributed by atoms with van der Waals surface area (Å²) in [7, 11) is 0. The number of likely N-dealkylation sites (tertiary alicyclic amines) is 1. The SMILES string of the molecule is CC(C)(C)n1ccc(OCCN2CCCCC23OC(=O)C(=O)O3)n1. The Labute approximate surface area is 140 Å². The highest BCUT2D eigenvalue weighted by Gasteiger charge is 2.53. The highest BCUT2D eigenvalue weighted by molar-refractivity contribution is 6.31. The zero-order chi connectivity index (χ0) is 17.4. The lowest BCUT2D eigenvalue weighted by atomic mass is 10.1. The topological polar surface area (TPSA) is 82.9 Å². The second-order valence-electron chi connectivity index (χ2n) is 7.05. The Hall–Kier alpha value is -2.09. The van der Waals surface area contributed by atoms with E-state index in [1.54, 1.807) is 0 Å². The first kappa shape index (κ1) is 16.8. The number of aromatic nitrogens is 2. The number of ether oxygens (including phenoxy) is 3. The molecule has 8 heteroatoms. The van der Waals surface area contributed by atoms with E-state index in [-0.39, 0.29) is 5.54 Å². The molecule has 0 aromatic carbocycles. The second-order valence-corrected chi connectivity index (χ2v) is 7.05. The predicted octanol–water partition coefficient (Wildman–Crippen LogP) is 1.26. The molecule has 24 heavy (non-hydrogen) atoms. The van der Waals surface area contributed by atoms with E-state index >= 15 is 0 Å². The van der Waals surface area contributed by atoms with E-state index in [4.69, 9.17) is 14.2 Å². The summed E-state index contributed by atoms with van der Waals surface area (Å²) < 4.78 is 17.9. The molecule has 3 rings (SSSR count). The zero-order valence-corrected chi connectivity index (χ0v) is 14.3. The molecule has 0 unspecified atom stereocenters. The number of esters is 2. The predicted molar refractivity (Wildman–Crippen MR) is 83.1 cm³/mol. The van der Waals surface area contributed by atoms with E-state index < -0.39 is 17.8 Å². The number of hydrogen-bond donors (Lipinski definition) is 0. The highest BCUT2D eigenvalue weighted by Crippen LogP contribution is 2.34. The van der Waals surface area contributed by atoms with E-state index in [9.17, 15) is 9.59 Å². The standard InChI is InChI=1S/C16H23N3O5/c1-15(2,3)19-9-6-12(17-19)22-11-10-18-8-5-4-7-16(18)23-13(20)14(21)24-16/h6,9H,4-5,7-8,10-11H2,1-3H3. The number of carbonyl (C=O) groups excluding carboxylic acids is 2. The normalized spacial score (nSPS) is 21.0. The third-order valence-electron chi connectivity index (χ3n) is 4.19. The van der Waals surface area contributed by atoms with Crippen LogP contribution in [0, 0.1) is 0 Å². The average Bonchev–Trinajstić information content (AvgIpc) is 3.07. The van der Waals surface area contributed by atoms with Crippen LogP contribution in [0.4, 0.5) is 0 Å². The third-order valence-corrected chi connectivity index (χ3v) is 4.19. The molecule has 0 radical (unpaired) electrons. The van der Waals surface area contributed by atoms with Crippen molar-refractivity contribution in [2.24, 2.45) is 0 Å². The van der Waals surface area contributed by atoms with Crippen molar-refractivity contribution < 1.29 is 23.8 Å². The molecular formula is C16H23N3O5. The zero-order valence-electron chi connectivity index (χ0n) is 14.3. The Kier molecular flexibility index (Phi) is 4.25. The van der Waals surface area contributed by atoms with Gasteiger partial charge in [-0.2, -0.15) is 0 Å². The summed E-state index contributed by atoms with van der Waals surface area (Å²) in [5.41, 5.74) is -0.106. The maximum atomic E-state index is 11.4. The minimum Gasteiger partial charge on any atom is -0.475 e. The Balaban J connectivity index is 1.58. The molecule has 132 valence electrons. The van der Waals surface area contributed by atoms with E-state index in [0.717, 1.165) is 12.8 Å². The van der Waals surface area contributed by atoms with Gasteiger partial charge >= 0.3 is 17.8 Å². The molecule has 0 saturated carbocycles. The summed E-state index contributed by atoms with van der Waals surface area (Å²) in [4.78, 5) is 24.7. The Bertz CT molecular complexity index is 618. The van der Waals surface area contributed by atoms with E-state index in [1.165, 1.54) is 0 Å². The van der Waals surface area contributed by atoms with Crippen LogP contribution in [0.5, 0.6) is 5.88 Å². The number of rotatable bonds is 4. The largest absolute Gasteiger partial charge is 0.475 e. The fraction of sp³-hybridized carbons (Fsp3) is 0.688. The van der Waals surface area contributed by atoms with Crippen molar-refractivity contribution in [2.45, 2.75) is 51.5 Å². The Morgan fingerprint density at radius 2 is 1.96 bits per heavy atom. The minimum atomic E-state index is -1.25. The van der Waals surface area contributed by atoms with Crippen molar-refractivity contribution in [3.05, 3.63) is 12.3 Å². The van der Waals surface area contributed by atoms with Gasteiger partial charge in [-0.15, -0.1) is 5.10 Å². The van der Waals surface area contributed by atoms with E-state index in [0.29, 0.717) is 32.0 Å². The summed E-state index contributed by atoms with van der Waals surface area (Å²) in [6.45, 7) is 7.69. The van der Waals surface area contributed by atoms with Gasteiger partial charge in [-0.3, -0.25) is 4.68 Å². The van der Waals surface area contributed by atoms with Crippen LogP contribution in [0.3, 0.4) is 0 Å². The van der Waals surface area contributed by atoms with Crippen LogP contribution in [-0.4, -0.2) is 52.2 Å². The first-order valence-corrected chi connectivity index (χ1v) is 8.20. The van der Waals surface area contributed by atoms with Gasteiger partial charge in [0, 0.05) is 31.8 Å². The number of hydrogen-bond acceptors (Lipinski definition) is 7. The van der Waals surface area contributed by atoms with Gasteiger partial charge in [0.25, 0.3) is 0 Å². The molecule has 2 aliphatic heterocycles. The molecule has 1 aromatic rings. The van der Waals surface area contributed by atoms with Gasteiger partial charge in [0.2, 0.25) is 5.88 Å². The molecule has 0 N–H and O–H groups in total. The minimum absolute atomic E-state index is 0.106. The van der Waals surface area contributed by atoms with Gasteiger partial charge in [0.1, 0.15) is 6.61 Å². The van der Waals surface area contributed by atoms with Crippen LogP contribution in [-0.2, 0) is 24.6 Å². The third kappa shape index (κ3) is 3.24. The summed E-state index contributed by atoms with van der Waals surface area (Å²) in [5, 5.41) is 4.38. The van der Waals surface area contributed by atoms with Gasteiger partial charge in [-0.1, -0.05) is 0 Å². The first-order valence-electron chi connectivity index (χ1n) is 8.20. The van der Waals surface area contributed by atoms with Crippen LogP contribution >= 0.6 is 0 Å². The smallest absolute Gasteiger partial charge is 0.421 e. The van der Waals surface area contributed by atoms with Gasteiger partial charge < -0.3 is 14.2 Å². The van der Waals surface area contributed by atoms with Crippen molar-refractivity contribution in [2.75, 3.05) is 19.7 Å². The lowest BCUT2D eigenvalue weighted by Gasteiger charge is -2.40. The molecule has 0 bridgehead atoms. The monoisotopic (exact) mass is 337 g/mol. The van der Waals surface area contributed by atoms with Gasteiger partial charge in [-0.25, -0.2) is 14.5 Å². The summed E-state index contributed by atoms with van der Waals surface area (Å²) in [6.07, 6.45) is 4.16. The van der Waals surface area contributed by atoms with E-state index in [1.807, 2.05) is 21.8 Å². The van der Waals surface area contributed by atoms with Crippen LogP contribution in [0.1, 0.15) is 40.0 Å². The molecule has 1 spiro atoms. The molecule has 0 atom stereocenters. The molecule has 0 amide bonds. The lowest BCUT2D eigenvalue weighted by molar-refractivity contribution is -0.264. The summed E-state index contributed by atoms with van der Waals surface area (Å²) >= 11 is 0. The van der Waals surface area contributed by atoms with E-state index in [2.05, 4.69) is 25.9 Å². The highest BCUT2D eigenvalue weighted by atomic mass is 16.8. The van der Waals surface area contributed by atoms with Crippen molar-refractivity contribution in [3.8, 4) is 5.88 Å². The van der Waals surface area contributed by atoms with Crippen molar-refractivity contribution >= 4 is 11.9 Å².